The van der Waals surface area contributed by atoms with Gasteiger partial charge in [0.05, 0.1) is 10.9 Å². The largest absolute Gasteiger partial charge is 0.354 e. The van der Waals surface area contributed by atoms with Crippen LogP contribution in [-0.2, 0) is 22.7 Å². The van der Waals surface area contributed by atoms with Crippen LogP contribution in [0.3, 0.4) is 0 Å². The SMILES string of the molecule is CC(C)NC(=O)CCn1c(=O)c2ccccc2n2c(=O)n(CC(=O)Nc3ccc(F)cc3)nc12. The van der Waals surface area contributed by atoms with Crippen LogP contribution in [0.1, 0.15) is 20.3 Å². The molecule has 176 valence electrons. The van der Waals surface area contributed by atoms with Crippen LogP contribution >= 0.6 is 0 Å². The van der Waals surface area contributed by atoms with Crippen LogP contribution in [0.5, 0.6) is 0 Å². The zero-order valence-corrected chi connectivity index (χ0v) is 18.6. The highest BCUT2D eigenvalue weighted by molar-refractivity contribution is 5.90. The second-order valence-corrected chi connectivity index (χ2v) is 8.08. The molecule has 2 N–H and O–H groups in total. The molecule has 0 spiro atoms. The summed E-state index contributed by atoms with van der Waals surface area (Å²) in [5.41, 5.74) is -0.295. The Balaban J connectivity index is 1.73. The molecule has 0 bridgehead atoms. The van der Waals surface area contributed by atoms with E-state index in [0.29, 0.717) is 11.2 Å². The lowest BCUT2D eigenvalue weighted by Gasteiger charge is -2.11. The fraction of sp³-hybridized carbons (Fsp3) is 0.261. The Morgan fingerprint density at radius 2 is 1.74 bits per heavy atom. The molecule has 0 aliphatic rings. The van der Waals surface area contributed by atoms with Crippen LogP contribution in [0, 0.1) is 5.82 Å². The second-order valence-electron chi connectivity index (χ2n) is 8.08. The zero-order valence-electron chi connectivity index (χ0n) is 18.6. The minimum absolute atomic E-state index is 0.00392. The summed E-state index contributed by atoms with van der Waals surface area (Å²) in [5, 5.41) is 9.86. The third kappa shape index (κ3) is 4.58. The van der Waals surface area contributed by atoms with Gasteiger partial charge in [-0.15, -0.1) is 5.10 Å². The van der Waals surface area contributed by atoms with Gasteiger partial charge in [0.1, 0.15) is 12.4 Å². The Kier molecular flexibility index (Phi) is 6.26. The first-order chi connectivity index (χ1) is 16.2. The van der Waals surface area contributed by atoms with Gasteiger partial charge in [-0.25, -0.2) is 18.3 Å². The van der Waals surface area contributed by atoms with Gasteiger partial charge in [0.15, 0.2) is 0 Å². The van der Waals surface area contributed by atoms with Gasteiger partial charge in [0.25, 0.3) is 5.56 Å². The number of nitrogens with zero attached hydrogens (tertiary/aromatic N) is 4. The number of halogens is 1. The van der Waals surface area contributed by atoms with Gasteiger partial charge in [0, 0.05) is 24.7 Å². The number of nitrogens with one attached hydrogen (secondary N) is 2. The number of benzene rings is 2. The van der Waals surface area contributed by atoms with Crippen molar-refractivity contribution < 1.29 is 14.0 Å². The van der Waals surface area contributed by atoms with E-state index >= 15 is 0 Å². The second kappa shape index (κ2) is 9.30. The van der Waals surface area contributed by atoms with Crippen LogP contribution in [0.25, 0.3) is 16.7 Å². The Morgan fingerprint density at radius 3 is 2.44 bits per heavy atom. The van der Waals surface area contributed by atoms with E-state index in [0.717, 1.165) is 4.68 Å². The number of anilines is 1. The van der Waals surface area contributed by atoms with Crippen LogP contribution in [0.4, 0.5) is 10.1 Å². The van der Waals surface area contributed by atoms with Gasteiger partial charge in [-0.1, -0.05) is 12.1 Å². The van der Waals surface area contributed by atoms with Crippen LogP contribution in [0.15, 0.2) is 58.1 Å². The smallest absolute Gasteiger partial charge is 0.352 e. The summed E-state index contributed by atoms with van der Waals surface area (Å²) in [6, 6.07) is 11.7. The first kappa shape index (κ1) is 22.9. The summed E-state index contributed by atoms with van der Waals surface area (Å²) in [6.45, 7) is 3.24. The Hall–Kier alpha value is -4.28. The standard InChI is InChI=1S/C23H23FN6O4/c1-14(2)25-19(31)11-12-28-21(33)17-5-3-4-6-18(17)30-22(28)27-29(23(30)34)13-20(32)26-16-9-7-15(24)8-10-16/h3-10,14H,11-13H2,1-2H3,(H,25,31)(H,26,32). The molecular weight excluding hydrogens is 443 g/mol. The van der Waals surface area contributed by atoms with Gasteiger partial charge in [-0.3, -0.25) is 19.0 Å². The van der Waals surface area contributed by atoms with Crippen molar-refractivity contribution in [1.82, 2.24) is 24.1 Å². The lowest BCUT2D eigenvalue weighted by molar-refractivity contribution is -0.121. The van der Waals surface area contributed by atoms with E-state index in [1.807, 2.05) is 13.8 Å². The van der Waals surface area contributed by atoms with Gasteiger partial charge in [-0.2, -0.15) is 0 Å². The van der Waals surface area contributed by atoms with Crippen molar-refractivity contribution in [2.45, 2.75) is 39.4 Å². The first-order valence-electron chi connectivity index (χ1n) is 10.7. The predicted octanol–water partition coefficient (Wildman–Crippen LogP) is 1.50. The van der Waals surface area contributed by atoms with Gasteiger partial charge in [0.2, 0.25) is 17.6 Å². The lowest BCUT2D eigenvalue weighted by Crippen LogP contribution is -2.33. The minimum atomic E-state index is -0.610. The Bertz CT molecular complexity index is 1500. The number of hydrogen-bond donors (Lipinski definition) is 2. The number of amides is 2. The highest BCUT2D eigenvalue weighted by atomic mass is 19.1. The monoisotopic (exact) mass is 466 g/mol. The summed E-state index contributed by atoms with van der Waals surface area (Å²) in [6.07, 6.45) is 0.0121. The van der Waals surface area contributed by atoms with E-state index in [1.165, 1.54) is 33.2 Å². The number of rotatable bonds is 7. The van der Waals surface area contributed by atoms with Gasteiger partial charge in [-0.05, 0) is 50.2 Å². The predicted molar refractivity (Wildman–Crippen MR) is 124 cm³/mol. The van der Waals surface area contributed by atoms with Crippen molar-refractivity contribution in [3.05, 3.63) is 75.2 Å². The van der Waals surface area contributed by atoms with Gasteiger partial charge >= 0.3 is 5.69 Å². The number of para-hydroxylation sites is 1. The Morgan fingerprint density at radius 1 is 1.03 bits per heavy atom. The molecule has 34 heavy (non-hydrogen) atoms. The first-order valence-corrected chi connectivity index (χ1v) is 10.7. The van der Waals surface area contributed by atoms with E-state index in [1.54, 1.807) is 24.3 Å². The summed E-state index contributed by atoms with van der Waals surface area (Å²) >= 11 is 0. The van der Waals surface area contributed by atoms with Gasteiger partial charge < -0.3 is 10.6 Å². The van der Waals surface area contributed by atoms with Crippen LogP contribution in [-0.4, -0.2) is 36.6 Å². The van der Waals surface area contributed by atoms with Crippen molar-refractivity contribution in [3.8, 4) is 0 Å². The van der Waals surface area contributed by atoms with E-state index in [-0.39, 0.29) is 36.1 Å². The highest BCUT2D eigenvalue weighted by Crippen LogP contribution is 2.12. The molecule has 2 heterocycles. The van der Waals surface area contributed by atoms with E-state index in [4.69, 9.17) is 0 Å². The maximum absolute atomic E-state index is 13.2. The molecule has 0 atom stereocenters. The van der Waals surface area contributed by atoms with Crippen molar-refractivity contribution in [2.24, 2.45) is 0 Å². The number of aryl methyl sites for hydroxylation is 1. The topological polar surface area (TPSA) is 120 Å². The van der Waals surface area contributed by atoms with Crippen LogP contribution in [0.2, 0.25) is 0 Å². The third-order valence-corrected chi connectivity index (χ3v) is 5.12. The Labute approximate surface area is 192 Å². The van der Waals surface area contributed by atoms with E-state index < -0.39 is 29.5 Å². The maximum atomic E-state index is 13.2. The number of carbonyl (C=O) groups excluding carboxylic acids is 2. The average Bonchev–Trinajstić information content (AvgIpc) is 3.10. The van der Waals surface area contributed by atoms with Crippen LogP contribution < -0.4 is 21.9 Å². The molecule has 11 heteroatoms. The molecule has 2 aromatic carbocycles. The van der Waals surface area contributed by atoms with Crippen molar-refractivity contribution in [3.63, 3.8) is 0 Å². The number of fused-ring (bicyclic) bond motifs is 3. The molecule has 0 saturated carbocycles. The molecule has 0 aliphatic heterocycles. The summed E-state index contributed by atoms with van der Waals surface area (Å²) in [7, 11) is 0. The minimum Gasteiger partial charge on any atom is -0.354 e. The molecule has 0 aliphatic carbocycles. The summed E-state index contributed by atoms with van der Waals surface area (Å²) in [5.74, 6) is -1.21. The van der Waals surface area contributed by atoms with E-state index in [9.17, 15) is 23.6 Å². The molecule has 0 saturated heterocycles. The fourth-order valence-electron chi connectivity index (χ4n) is 3.65. The molecule has 0 unspecified atom stereocenters. The molecule has 4 rings (SSSR count). The highest BCUT2D eigenvalue weighted by Gasteiger charge is 2.19. The number of aromatic nitrogens is 4. The van der Waals surface area contributed by atoms with Crippen molar-refractivity contribution >= 4 is 34.2 Å². The summed E-state index contributed by atoms with van der Waals surface area (Å²) in [4.78, 5) is 51.0. The quantitative estimate of drug-likeness (QED) is 0.428. The number of carbonyl (C=O) groups is 2. The number of hydrogen-bond acceptors (Lipinski definition) is 5. The molecule has 0 radical (unpaired) electrons. The molecule has 4 aromatic rings. The molecule has 10 nitrogen and oxygen atoms in total. The average molecular weight is 466 g/mol. The maximum Gasteiger partial charge on any atom is 0.352 e. The third-order valence-electron chi connectivity index (χ3n) is 5.12. The molecule has 0 fully saturated rings. The van der Waals surface area contributed by atoms with E-state index in [2.05, 4.69) is 15.7 Å². The molecule has 2 aromatic heterocycles. The lowest BCUT2D eigenvalue weighted by atomic mass is 10.2. The summed E-state index contributed by atoms with van der Waals surface area (Å²) < 4.78 is 16.6. The fourth-order valence-corrected chi connectivity index (χ4v) is 3.65. The molecular formula is C23H23FN6O4. The van der Waals surface area contributed by atoms with Crippen molar-refractivity contribution in [1.29, 1.82) is 0 Å². The normalized spacial score (nSPS) is 11.3. The van der Waals surface area contributed by atoms with Crippen molar-refractivity contribution in [2.75, 3.05) is 5.32 Å². The molecule has 2 amide bonds. The zero-order chi connectivity index (χ0) is 24.4.